The molecule has 1 aliphatic rings. The maximum atomic E-state index is 10.2. The van der Waals surface area contributed by atoms with Gasteiger partial charge in [-0.15, -0.1) is 0 Å². The van der Waals surface area contributed by atoms with E-state index in [0.717, 1.165) is 0 Å². The summed E-state index contributed by atoms with van der Waals surface area (Å²) in [7, 11) is 0. The van der Waals surface area contributed by atoms with Crippen molar-refractivity contribution in [1.29, 1.82) is 0 Å². The Labute approximate surface area is 63.9 Å². The lowest BCUT2D eigenvalue weighted by atomic mass is 9.95. The number of nitrogens with zero attached hydrogens (tertiary/aromatic N) is 1. The molecule has 1 unspecified atom stereocenters. The quantitative estimate of drug-likeness (QED) is 0.482. The monoisotopic (exact) mass is 161 g/mol. The molecule has 1 atom stereocenters. The Morgan fingerprint density at radius 1 is 1.64 bits per heavy atom. The molecule has 0 bridgehead atoms. The van der Waals surface area contributed by atoms with Gasteiger partial charge in [0, 0.05) is 19.0 Å². The highest BCUT2D eigenvalue weighted by Crippen LogP contribution is 2.18. The number of aliphatic hydroxyl groups is 2. The highest BCUT2D eigenvalue weighted by atomic mass is 16.4. The molecule has 1 heterocycles. The van der Waals surface area contributed by atoms with E-state index in [0.29, 0.717) is 13.1 Å². The van der Waals surface area contributed by atoms with Crippen LogP contribution in [0.4, 0.5) is 4.79 Å². The van der Waals surface area contributed by atoms with Crippen molar-refractivity contribution in [3.05, 3.63) is 0 Å². The van der Waals surface area contributed by atoms with Crippen LogP contribution >= 0.6 is 0 Å². The van der Waals surface area contributed by atoms with Gasteiger partial charge in [-0.25, -0.2) is 4.79 Å². The van der Waals surface area contributed by atoms with Gasteiger partial charge < -0.3 is 20.2 Å². The molecule has 0 saturated carbocycles. The van der Waals surface area contributed by atoms with Gasteiger partial charge in [0.2, 0.25) is 0 Å². The third-order valence-corrected chi connectivity index (χ3v) is 1.91. The van der Waals surface area contributed by atoms with Crippen LogP contribution in [0.1, 0.15) is 0 Å². The van der Waals surface area contributed by atoms with Crippen molar-refractivity contribution in [2.24, 2.45) is 5.92 Å². The minimum absolute atomic E-state index is 0.0869. The first-order valence-electron chi connectivity index (χ1n) is 3.42. The summed E-state index contributed by atoms with van der Waals surface area (Å²) in [5, 5.41) is 25.9. The van der Waals surface area contributed by atoms with Crippen LogP contribution < -0.4 is 0 Å². The molecule has 1 fully saturated rings. The summed E-state index contributed by atoms with van der Waals surface area (Å²) in [6.45, 7) is 0.367. The fourth-order valence-corrected chi connectivity index (χ4v) is 1.06. The summed E-state index contributed by atoms with van der Waals surface area (Å²) in [6, 6.07) is 0. The molecular weight excluding hydrogens is 150 g/mol. The van der Waals surface area contributed by atoms with E-state index < -0.39 is 12.2 Å². The lowest BCUT2D eigenvalue weighted by molar-refractivity contribution is -0.0222. The molecule has 0 aromatic carbocycles. The smallest absolute Gasteiger partial charge is 0.407 e. The Morgan fingerprint density at radius 3 is 2.55 bits per heavy atom. The van der Waals surface area contributed by atoms with Crippen molar-refractivity contribution in [3.8, 4) is 0 Å². The van der Waals surface area contributed by atoms with Crippen LogP contribution in [0.3, 0.4) is 0 Å². The summed E-state index contributed by atoms with van der Waals surface area (Å²) < 4.78 is 0. The van der Waals surface area contributed by atoms with Gasteiger partial charge in [0.15, 0.2) is 0 Å². The zero-order valence-corrected chi connectivity index (χ0v) is 5.97. The van der Waals surface area contributed by atoms with Gasteiger partial charge in [0.1, 0.15) is 0 Å². The summed E-state index contributed by atoms with van der Waals surface area (Å²) in [5.74, 6) is -0.0869. The maximum Gasteiger partial charge on any atom is 0.407 e. The highest BCUT2D eigenvalue weighted by molar-refractivity contribution is 5.66. The van der Waals surface area contributed by atoms with Crippen LogP contribution in [0.15, 0.2) is 0 Å². The summed E-state index contributed by atoms with van der Waals surface area (Å²) in [6.07, 6.45) is -1.74. The Balaban J connectivity index is 2.23. The molecular formula is C6H11NO4. The van der Waals surface area contributed by atoms with E-state index in [1.165, 1.54) is 4.90 Å². The van der Waals surface area contributed by atoms with Crippen molar-refractivity contribution in [3.63, 3.8) is 0 Å². The summed E-state index contributed by atoms with van der Waals surface area (Å²) in [5.41, 5.74) is 0. The molecule has 3 N–H and O–H groups in total. The van der Waals surface area contributed by atoms with Gasteiger partial charge in [0.05, 0.1) is 12.7 Å². The van der Waals surface area contributed by atoms with Crippen molar-refractivity contribution in [1.82, 2.24) is 4.90 Å². The predicted octanol–water partition coefficient (Wildman–Crippen LogP) is -1.05. The summed E-state index contributed by atoms with van der Waals surface area (Å²) in [4.78, 5) is 11.4. The van der Waals surface area contributed by atoms with Gasteiger partial charge in [0.25, 0.3) is 0 Å². The molecule has 5 nitrogen and oxygen atoms in total. The number of hydrogen-bond acceptors (Lipinski definition) is 3. The number of carbonyl (C=O) groups is 1. The number of aliphatic hydroxyl groups excluding tert-OH is 2. The zero-order chi connectivity index (χ0) is 8.43. The highest BCUT2D eigenvalue weighted by Gasteiger charge is 2.34. The van der Waals surface area contributed by atoms with Crippen LogP contribution in [0, 0.1) is 5.92 Å². The molecule has 64 valence electrons. The average Bonchev–Trinajstić information content (AvgIpc) is 1.83. The largest absolute Gasteiger partial charge is 0.465 e. The van der Waals surface area contributed by atoms with E-state index in [9.17, 15) is 4.79 Å². The third-order valence-electron chi connectivity index (χ3n) is 1.91. The fourth-order valence-electron chi connectivity index (χ4n) is 1.06. The molecule has 0 aromatic heterocycles. The Hall–Kier alpha value is -0.810. The topological polar surface area (TPSA) is 81.0 Å². The predicted molar refractivity (Wildman–Crippen MR) is 36.2 cm³/mol. The molecule has 1 saturated heterocycles. The maximum absolute atomic E-state index is 10.2. The first-order chi connectivity index (χ1) is 5.15. The van der Waals surface area contributed by atoms with Gasteiger partial charge in [-0.05, 0) is 0 Å². The van der Waals surface area contributed by atoms with Crippen molar-refractivity contribution in [2.45, 2.75) is 6.10 Å². The lowest BCUT2D eigenvalue weighted by Crippen LogP contribution is -2.54. The van der Waals surface area contributed by atoms with Gasteiger partial charge in [-0.1, -0.05) is 0 Å². The lowest BCUT2D eigenvalue weighted by Gasteiger charge is -2.39. The second-order valence-electron chi connectivity index (χ2n) is 2.70. The Kier molecular flexibility index (Phi) is 2.31. The van der Waals surface area contributed by atoms with Crippen LogP contribution in [0.2, 0.25) is 0 Å². The van der Waals surface area contributed by atoms with Crippen LogP contribution in [0.25, 0.3) is 0 Å². The first kappa shape index (κ1) is 8.29. The van der Waals surface area contributed by atoms with Gasteiger partial charge in [-0.2, -0.15) is 0 Å². The molecule has 11 heavy (non-hydrogen) atoms. The Morgan fingerprint density at radius 2 is 2.18 bits per heavy atom. The standard InChI is InChI=1S/C6H11NO4/c8-3-5(9)4-1-7(2-4)6(10)11/h4-5,8-9H,1-3H2,(H,10,11). The van der Waals surface area contributed by atoms with E-state index in [1.807, 2.05) is 0 Å². The third kappa shape index (κ3) is 1.61. The minimum atomic E-state index is -0.966. The molecule has 0 aliphatic carbocycles. The van der Waals surface area contributed by atoms with Crippen molar-refractivity contribution >= 4 is 6.09 Å². The van der Waals surface area contributed by atoms with E-state index in [2.05, 4.69) is 0 Å². The second kappa shape index (κ2) is 3.06. The molecule has 1 aliphatic heterocycles. The van der Waals surface area contributed by atoms with Crippen LogP contribution in [-0.2, 0) is 0 Å². The number of likely N-dealkylation sites (tertiary alicyclic amines) is 1. The van der Waals surface area contributed by atoms with Crippen molar-refractivity contribution < 1.29 is 20.1 Å². The Bertz CT molecular complexity index is 155. The molecule has 0 aromatic rings. The van der Waals surface area contributed by atoms with Gasteiger partial charge in [-0.3, -0.25) is 0 Å². The molecule has 1 amide bonds. The number of rotatable bonds is 2. The summed E-state index contributed by atoms with van der Waals surface area (Å²) >= 11 is 0. The molecule has 0 radical (unpaired) electrons. The normalized spacial score (nSPS) is 21.1. The van der Waals surface area contributed by atoms with Crippen molar-refractivity contribution in [2.75, 3.05) is 19.7 Å². The SMILES string of the molecule is O=C(O)N1CC(C(O)CO)C1. The van der Waals surface area contributed by atoms with Crippen LogP contribution in [-0.4, -0.2) is 52.1 Å². The van der Waals surface area contributed by atoms with E-state index in [4.69, 9.17) is 15.3 Å². The van der Waals surface area contributed by atoms with E-state index in [-0.39, 0.29) is 12.5 Å². The minimum Gasteiger partial charge on any atom is -0.465 e. The zero-order valence-electron chi connectivity index (χ0n) is 5.97. The molecule has 1 rings (SSSR count). The number of carboxylic acid groups (broad SMARTS) is 1. The molecule has 0 spiro atoms. The van der Waals surface area contributed by atoms with E-state index in [1.54, 1.807) is 0 Å². The first-order valence-corrected chi connectivity index (χ1v) is 3.42. The number of hydrogen-bond donors (Lipinski definition) is 3. The van der Waals surface area contributed by atoms with E-state index >= 15 is 0 Å². The van der Waals surface area contributed by atoms with Crippen LogP contribution in [0.5, 0.6) is 0 Å². The fraction of sp³-hybridized carbons (Fsp3) is 0.833. The number of amides is 1. The average molecular weight is 161 g/mol. The second-order valence-corrected chi connectivity index (χ2v) is 2.70. The van der Waals surface area contributed by atoms with Gasteiger partial charge >= 0.3 is 6.09 Å². The molecule has 5 heteroatoms.